The van der Waals surface area contributed by atoms with Crippen molar-refractivity contribution in [3.8, 4) is 0 Å². The number of Topliss-reactive ketones (excluding diaryl/α,β-unsaturated/α-hetero) is 1. The molecule has 0 aliphatic rings. The third kappa shape index (κ3) is 2.20. The van der Waals surface area contributed by atoms with Crippen LogP contribution in [0.4, 0.5) is 0 Å². The minimum absolute atomic E-state index is 0.0720. The maximum absolute atomic E-state index is 11.6. The van der Waals surface area contributed by atoms with Gasteiger partial charge in [-0.1, -0.05) is 31.2 Å². The fourth-order valence-electron chi connectivity index (χ4n) is 1.45. The van der Waals surface area contributed by atoms with Gasteiger partial charge in [0, 0.05) is 12.0 Å². The van der Waals surface area contributed by atoms with Gasteiger partial charge < -0.3 is 5.11 Å². The van der Waals surface area contributed by atoms with E-state index in [1.54, 1.807) is 26.0 Å². The second-order valence-electron chi connectivity index (χ2n) is 3.88. The third-order valence-electron chi connectivity index (χ3n) is 2.21. The molecule has 0 heterocycles. The first-order chi connectivity index (χ1) is 6.46. The Balaban J connectivity index is 3.23. The van der Waals surface area contributed by atoms with Crippen LogP contribution < -0.4 is 0 Å². The van der Waals surface area contributed by atoms with Crippen molar-refractivity contribution in [3.63, 3.8) is 0 Å². The second kappa shape index (κ2) is 3.93. The lowest BCUT2D eigenvalue weighted by molar-refractivity contribution is 0.0753. The van der Waals surface area contributed by atoms with Gasteiger partial charge in [-0.3, -0.25) is 4.79 Å². The number of carbonyl (C=O) groups excluding carboxylic acids is 1. The van der Waals surface area contributed by atoms with Crippen molar-refractivity contribution < 1.29 is 9.90 Å². The van der Waals surface area contributed by atoms with Crippen molar-refractivity contribution in [1.82, 2.24) is 0 Å². The molecule has 0 saturated heterocycles. The van der Waals surface area contributed by atoms with Crippen molar-refractivity contribution in [2.45, 2.75) is 32.8 Å². The Morgan fingerprint density at radius 3 is 2.43 bits per heavy atom. The number of ketones is 1. The SMILES string of the molecule is CCC(=O)c1ccccc1C(C)(C)O. The summed E-state index contributed by atoms with van der Waals surface area (Å²) < 4.78 is 0. The fourth-order valence-corrected chi connectivity index (χ4v) is 1.45. The van der Waals surface area contributed by atoms with E-state index in [4.69, 9.17) is 0 Å². The Morgan fingerprint density at radius 1 is 1.36 bits per heavy atom. The molecule has 1 N–H and O–H groups in total. The van der Waals surface area contributed by atoms with Crippen molar-refractivity contribution >= 4 is 5.78 Å². The molecule has 0 radical (unpaired) electrons. The van der Waals surface area contributed by atoms with Crippen molar-refractivity contribution in [2.24, 2.45) is 0 Å². The molecular weight excluding hydrogens is 176 g/mol. The Kier molecular flexibility index (Phi) is 3.06. The van der Waals surface area contributed by atoms with Crippen molar-refractivity contribution in [2.75, 3.05) is 0 Å². The van der Waals surface area contributed by atoms with E-state index in [-0.39, 0.29) is 5.78 Å². The smallest absolute Gasteiger partial charge is 0.162 e. The summed E-state index contributed by atoms with van der Waals surface area (Å²) in [7, 11) is 0. The van der Waals surface area contributed by atoms with Crippen LogP contribution in [0.25, 0.3) is 0 Å². The maximum atomic E-state index is 11.6. The zero-order valence-corrected chi connectivity index (χ0v) is 8.87. The van der Waals surface area contributed by atoms with E-state index in [1.807, 2.05) is 19.1 Å². The van der Waals surface area contributed by atoms with Gasteiger partial charge in [0.05, 0.1) is 5.60 Å². The summed E-state index contributed by atoms with van der Waals surface area (Å²) in [6, 6.07) is 7.21. The van der Waals surface area contributed by atoms with Crippen LogP contribution in [-0.4, -0.2) is 10.9 Å². The van der Waals surface area contributed by atoms with Crippen molar-refractivity contribution in [1.29, 1.82) is 0 Å². The van der Waals surface area contributed by atoms with Crippen molar-refractivity contribution in [3.05, 3.63) is 35.4 Å². The molecule has 2 heteroatoms. The van der Waals surface area contributed by atoms with Crippen LogP contribution in [-0.2, 0) is 5.60 Å². The monoisotopic (exact) mass is 192 g/mol. The molecule has 76 valence electrons. The molecule has 0 aromatic heterocycles. The molecule has 0 spiro atoms. The average Bonchev–Trinajstić information content (AvgIpc) is 2.15. The molecule has 0 aliphatic heterocycles. The molecule has 14 heavy (non-hydrogen) atoms. The van der Waals surface area contributed by atoms with E-state index in [1.165, 1.54) is 0 Å². The van der Waals surface area contributed by atoms with E-state index in [0.29, 0.717) is 17.5 Å². The zero-order chi connectivity index (χ0) is 10.8. The summed E-state index contributed by atoms with van der Waals surface area (Å²) in [5, 5.41) is 9.86. The van der Waals surface area contributed by atoms with Gasteiger partial charge >= 0.3 is 0 Å². The molecule has 0 amide bonds. The van der Waals surface area contributed by atoms with Gasteiger partial charge in [0.2, 0.25) is 0 Å². The lowest BCUT2D eigenvalue weighted by Gasteiger charge is -2.20. The Labute approximate surface area is 84.6 Å². The highest BCUT2D eigenvalue weighted by atomic mass is 16.3. The molecule has 0 bridgehead atoms. The number of hydrogen-bond donors (Lipinski definition) is 1. The molecule has 1 aromatic rings. The molecule has 0 saturated carbocycles. The molecule has 0 aliphatic carbocycles. The zero-order valence-electron chi connectivity index (χ0n) is 8.87. The number of rotatable bonds is 3. The largest absolute Gasteiger partial charge is 0.386 e. The van der Waals surface area contributed by atoms with Gasteiger partial charge in [-0.15, -0.1) is 0 Å². The molecule has 1 aromatic carbocycles. The van der Waals surface area contributed by atoms with Gasteiger partial charge in [-0.05, 0) is 19.4 Å². The summed E-state index contributed by atoms with van der Waals surface area (Å²) in [4.78, 5) is 11.6. The average molecular weight is 192 g/mol. The van der Waals surface area contributed by atoms with Crippen LogP contribution in [0.3, 0.4) is 0 Å². The third-order valence-corrected chi connectivity index (χ3v) is 2.21. The molecule has 0 unspecified atom stereocenters. The van der Waals surface area contributed by atoms with Crippen LogP contribution in [0.2, 0.25) is 0 Å². The van der Waals surface area contributed by atoms with E-state index >= 15 is 0 Å². The van der Waals surface area contributed by atoms with Gasteiger partial charge in [0.25, 0.3) is 0 Å². The summed E-state index contributed by atoms with van der Waals surface area (Å²) in [6.07, 6.45) is 0.465. The Hall–Kier alpha value is -1.15. The molecule has 0 fully saturated rings. The maximum Gasteiger partial charge on any atom is 0.162 e. The Morgan fingerprint density at radius 2 is 1.93 bits per heavy atom. The second-order valence-corrected chi connectivity index (χ2v) is 3.88. The van der Waals surface area contributed by atoms with Gasteiger partial charge in [0.1, 0.15) is 0 Å². The van der Waals surface area contributed by atoms with E-state index < -0.39 is 5.60 Å². The predicted octanol–water partition coefficient (Wildman–Crippen LogP) is 2.51. The Bertz CT molecular complexity index is 334. The molecule has 0 atom stereocenters. The molecular formula is C12H16O2. The highest BCUT2D eigenvalue weighted by molar-refractivity contribution is 5.97. The van der Waals surface area contributed by atoms with E-state index in [9.17, 15) is 9.90 Å². The summed E-state index contributed by atoms with van der Waals surface area (Å²) >= 11 is 0. The van der Waals surface area contributed by atoms with Gasteiger partial charge in [0.15, 0.2) is 5.78 Å². The lowest BCUT2D eigenvalue weighted by Crippen LogP contribution is -2.19. The first-order valence-corrected chi connectivity index (χ1v) is 4.82. The topological polar surface area (TPSA) is 37.3 Å². The number of hydrogen-bond acceptors (Lipinski definition) is 2. The fraction of sp³-hybridized carbons (Fsp3) is 0.417. The van der Waals surface area contributed by atoms with Gasteiger partial charge in [-0.25, -0.2) is 0 Å². The van der Waals surface area contributed by atoms with Crippen LogP contribution >= 0.6 is 0 Å². The number of carbonyl (C=O) groups is 1. The summed E-state index contributed by atoms with van der Waals surface area (Å²) in [5.41, 5.74) is 0.371. The van der Waals surface area contributed by atoms with Crippen LogP contribution in [0.5, 0.6) is 0 Å². The minimum atomic E-state index is -0.957. The van der Waals surface area contributed by atoms with Crippen LogP contribution in [0.1, 0.15) is 43.1 Å². The minimum Gasteiger partial charge on any atom is -0.386 e. The molecule has 2 nitrogen and oxygen atoms in total. The number of benzene rings is 1. The molecule has 1 rings (SSSR count). The number of aliphatic hydroxyl groups is 1. The lowest BCUT2D eigenvalue weighted by atomic mass is 9.91. The van der Waals surface area contributed by atoms with E-state index in [0.717, 1.165) is 0 Å². The summed E-state index contributed by atoms with van der Waals surface area (Å²) in [5.74, 6) is 0.0720. The first kappa shape index (κ1) is 10.9. The van der Waals surface area contributed by atoms with E-state index in [2.05, 4.69) is 0 Å². The van der Waals surface area contributed by atoms with Crippen LogP contribution in [0.15, 0.2) is 24.3 Å². The summed E-state index contributed by atoms with van der Waals surface area (Å²) in [6.45, 7) is 5.20. The van der Waals surface area contributed by atoms with Gasteiger partial charge in [-0.2, -0.15) is 0 Å². The first-order valence-electron chi connectivity index (χ1n) is 4.82. The highest BCUT2D eigenvalue weighted by Gasteiger charge is 2.21. The quantitative estimate of drug-likeness (QED) is 0.747. The standard InChI is InChI=1S/C12H16O2/c1-4-11(13)9-7-5-6-8-10(9)12(2,3)14/h5-8,14H,4H2,1-3H3. The van der Waals surface area contributed by atoms with Crippen LogP contribution in [0, 0.1) is 0 Å². The normalized spacial score (nSPS) is 11.4. The predicted molar refractivity (Wildman–Crippen MR) is 56.3 cm³/mol. The highest BCUT2D eigenvalue weighted by Crippen LogP contribution is 2.24.